The van der Waals surface area contributed by atoms with Gasteiger partial charge in [0.2, 0.25) is 5.95 Å². The molecule has 2 heterocycles. The van der Waals surface area contributed by atoms with Crippen molar-refractivity contribution in [1.29, 1.82) is 0 Å². The molecule has 0 unspecified atom stereocenters. The minimum atomic E-state index is 0.653. The van der Waals surface area contributed by atoms with Gasteiger partial charge in [-0.05, 0) is 13.8 Å². The van der Waals surface area contributed by atoms with Crippen molar-refractivity contribution in [1.82, 2.24) is 25.0 Å². The van der Waals surface area contributed by atoms with Gasteiger partial charge < -0.3 is 10.6 Å². The molecule has 0 aliphatic rings. The van der Waals surface area contributed by atoms with E-state index in [1.54, 1.807) is 10.9 Å². The Balaban J connectivity index is 1.92. The predicted octanol–water partition coefficient (Wildman–Crippen LogP) is 0.920. The van der Waals surface area contributed by atoms with Crippen LogP contribution < -0.4 is 10.6 Å². The van der Waals surface area contributed by atoms with Crippen molar-refractivity contribution in [3.05, 3.63) is 24.2 Å². The van der Waals surface area contributed by atoms with Crippen LogP contribution >= 0.6 is 0 Å². The van der Waals surface area contributed by atoms with Gasteiger partial charge in [-0.25, -0.2) is 4.98 Å². The molecule has 2 aromatic rings. The molecular formula is C11H17N7. The van der Waals surface area contributed by atoms with Gasteiger partial charge in [-0.1, -0.05) is 5.21 Å². The fraction of sp³-hybridized carbons (Fsp3) is 0.455. The summed E-state index contributed by atoms with van der Waals surface area (Å²) < 4.78 is 1.77. The van der Waals surface area contributed by atoms with Crippen LogP contribution in [-0.4, -0.2) is 38.1 Å². The Morgan fingerprint density at radius 2 is 2.17 bits per heavy atom. The molecule has 0 bridgehead atoms. The van der Waals surface area contributed by atoms with Crippen LogP contribution in [0.3, 0.4) is 0 Å². The number of aryl methyl sites for hydroxylation is 1. The summed E-state index contributed by atoms with van der Waals surface area (Å²) in [6.07, 6.45) is 3.50. The molecule has 0 saturated heterocycles. The topological polar surface area (TPSA) is 80.5 Å². The van der Waals surface area contributed by atoms with Crippen molar-refractivity contribution >= 4 is 11.8 Å². The van der Waals surface area contributed by atoms with E-state index in [9.17, 15) is 0 Å². The van der Waals surface area contributed by atoms with Crippen LogP contribution in [0.1, 0.15) is 12.6 Å². The van der Waals surface area contributed by atoms with E-state index in [0.717, 1.165) is 31.1 Å². The van der Waals surface area contributed by atoms with Gasteiger partial charge in [-0.2, -0.15) is 4.98 Å². The third kappa shape index (κ3) is 3.41. The summed E-state index contributed by atoms with van der Waals surface area (Å²) in [6.45, 7) is 6.27. The first kappa shape index (κ1) is 12.3. The van der Waals surface area contributed by atoms with Crippen molar-refractivity contribution in [2.24, 2.45) is 0 Å². The summed E-state index contributed by atoms with van der Waals surface area (Å²) in [5.74, 6) is 1.47. The van der Waals surface area contributed by atoms with E-state index < -0.39 is 0 Å². The lowest BCUT2D eigenvalue weighted by Crippen LogP contribution is -2.13. The number of aromatic nitrogens is 5. The normalized spacial score (nSPS) is 10.3. The molecule has 0 aromatic carbocycles. The molecule has 18 heavy (non-hydrogen) atoms. The zero-order chi connectivity index (χ0) is 12.8. The van der Waals surface area contributed by atoms with Gasteiger partial charge in [0.1, 0.15) is 5.82 Å². The number of hydrogen-bond acceptors (Lipinski definition) is 6. The molecule has 0 aliphatic heterocycles. The van der Waals surface area contributed by atoms with Crippen LogP contribution in [0.5, 0.6) is 0 Å². The molecule has 2 aromatic heterocycles. The average Bonchev–Trinajstić information content (AvgIpc) is 2.82. The third-order valence-corrected chi connectivity index (χ3v) is 2.31. The van der Waals surface area contributed by atoms with Crippen LogP contribution in [0, 0.1) is 6.92 Å². The first-order valence-electron chi connectivity index (χ1n) is 5.95. The molecule has 2 N–H and O–H groups in total. The maximum atomic E-state index is 4.36. The zero-order valence-corrected chi connectivity index (χ0v) is 10.6. The summed E-state index contributed by atoms with van der Waals surface area (Å²) in [7, 11) is 0. The Bertz CT molecular complexity index is 480. The number of nitrogens with zero attached hydrogens (tertiary/aromatic N) is 5. The second-order valence-corrected chi connectivity index (χ2v) is 3.84. The Hall–Kier alpha value is -2.18. The van der Waals surface area contributed by atoms with Crippen LogP contribution in [0.4, 0.5) is 11.8 Å². The van der Waals surface area contributed by atoms with E-state index in [4.69, 9.17) is 0 Å². The zero-order valence-electron chi connectivity index (χ0n) is 10.6. The molecule has 96 valence electrons. The van der Waals surface area contributed by atoms with E-state index in [-0.39, 0.29) is 0 Å². The van der Waals surface area contributed by atoms with E-state index in [1.165, 1.54) is 0 Å². The Labute approximate surface area is 106 Å². The Morgan fingerprint density at radius 3 is 2.89 bits per heavy atom. The molecule has 0 atom stereocenters. The lowest BCUT2D eigenvalue weighted by atomic mass is 10.4. The van der Waals surface area contributed by atoms with Crippen LogP contribution in [0.2, 0.25) is 0 Å². The molecule has 0 fully saturated rings. The Kier molecular flexibility index (Phi) is 4.06. The average molecular weight is 247 g/mol. The van der Waals surface area contributed by atoms with Gasteiger partial charge >= 0.3 is 0 Å². The first-order valence-corrected chi connectivity index (χ1v) is 5.95. The second kappa shape index (κ2) is 5.95. The monoisotopic (exact) mass is 247 g/mol. The van der Waals surface area contributed by atoms with Gasteiger partial charge in [0, 0.05) is 31.0 Å². The van der Waals surface area contributed by atoms with Crippen molar-refractivity contribution < 1.29 is 0 Å². The van der Waals surface area contributed by atoms with Crippen molar-refractivity contribution in [3.63, 3.8) is 0 Å². The number of hydrogen-bond donors (Lipinski definition) is 2. The van der Waals surface area contributed by atoms with Gasteiger partial charge in [0.25, 0.3) is 0 Å². The fourth-order valence-electron chi connectivity index (χ4n) is 1.55. The van der Waals surface area contributed by atoms with Gasteiger partial charge in [0.05, 0.1) is 12.7 Å². The van der Waals surface area contributed by atoms with Gasteiger partial charge in [-0.3, -0.25) is 4.68 Å². The predicted molar refractivity (Wildman–Crippen MR) is 69.4 cm³/mol. The van der Waals surface area contributed by atoms with Gasteiger partial charge in [-0.15, -0.1) is 5.10 Å². The summed E-state index contributed by atoms with van der Waals surface area (Å²) in [6, 6.07) is 1.92. The van der Waals surface area contributed by atoms with Crippen LogP contribution in [0.15, 0.2) is 18.5 Å². The van der Waals surface area contributed by atoms with E-state index >= 15 is 0 Å². The summed E-state index contributed by atoms with van der Waals surface area (Å²) >= 11 is 0. The molecular weight excluding hydrogens is 230 g/mol. The molecule has 7 heteroatoms. The highest BCUT2D eigenvalue weighted by molar-refractivity contribution is 5.41. The van der Waals surface area contributed by atoms with Crippen molar-refractivity contribution in [2.75, 3.05) is 23.7 Å². The fourth-order valence-corrected chi connectivity index (χ4v) is 1.55. The SMILES string of the molecule is CCNc1nc(C)cc(NCCn2ccnn2)n1. The van der Waals surface area contributed by atoms with E-state index in [1.807, 2.05) is 26.1 Å². The van der Waals surface area contributed by atoms with E-state index in [0.29, 0.717) is 5.95 Å². The lowest BCUT2D eigenvalue weighted by Gasteiger charge is -2.08. The van der Waals surface area contributed by atoms with Crippen LogP contribution in [-0.2, 0) is 6.54 Å². The second-order valence-electron chi connectivity index (χ2n) is 3.84. The molecule has 2 rings (SSSR count). The highest BCUT2D eigenvalue weighted by atomic mass is 15.4. The minimum Gasteiger partial charge on any atom is -0.368 e. The number of anilines is 2. The quantitative estimate of drug-likeness (QED) is 0.790. The van der Waals surface area contributed by atoms with Gasteiger partial charge in [0.15, 0.2) is 0 Å². The highest BCUT2D eigenvalue weighted by Gasteiger charge is 2.01. The summed E-state index contributed by atoms with van der Waals surface area (Å²) in [5.41, 5.74) is 0.934. The number of rotatable bonds is 6. The highest BCUT2D eigenvalue weighted by Crippen LogP contribution is 2.08. The largest absolute Gasteiger partial charge is 0.368 e. The molecule has 0 spiro atoms. The van der Waals surface area contributed by atoms with E-state index in [2.05, 4.69) is 30.9 Å². The smallest absolute Gasteiger partial charge is 0.224 e. The Morgan fingerprint density at radius 1 is 1.28 bits per heavy atom. The maximum Gasteiger partial charge on any atom is 0.224 e. The lowest BCUT2D eigenvalue weighted by molar-refractivity contribution is 0.608. The van der Waals surface area contributed by atoms with Crippen molar-refractivity contribution in [3.8, 4) is 0 Å². The molecule has 0 radical (unpaired) electrons. The summed E-state index contributed by atoms with van der Waals surface area (Å²) in [5, 5.41) is 14.0. The molecule has 0 amide bonds. The third-order valence-electron chi connectivity index (χ3n) is 2.31. The maximum absolute atomic E-state index is 4.36. The summed E-state index contributed by atoms with van der Waals surface area (Å²) in [4.78, 5) is 8.66. The minimum absolute atomic E-state index is 0.653. The van der Waals surface area contributed by atoms with Crippen molar-refractivity contribution in [2.45, 2.75) is 20.4 Å². The molecule has 0 aliphatic carbocycles. The van der Waals surface area contributed by atoms with Crippen LogP contribution in [0.25, 0.3) is 0 Å². The number of nitrogens with one attached hydrogen (secondary N) is 2. The molecule has 0 saturated carbocycles. The first-order chi connectivity index (χ1) is 8.78. The standard InChI is InChI=1S/C11H17N7/c1-3-12-11-15-9(2)8-10(16-11)13-4-6-18-7-5-14-17-18/h5,7-8H,3-4,6H2,1-2H3,(H2,12,13,15,16). The molecule has 7 nitrogen and oxygen atoms in total.